The fourth-order valence-electron chi connectivity index (χ4n) is 1.91. The van der Waals surface area contributed by atoms with E-state index in [1.165, 1.54) is 0 Å². The topological polar surface area (TPSA) is 32.3 Å². The lowest BCUT2D eigenvalue weighted by Gasteiger charge is -2.30. The number of hydrogen-bond acceptors (Lipinski definition) is 2. The Labute approximate surface area is 126 Å². The molecule has 0 spiro atoms. The lowest BCUT2D eigenvalue weighted by atomic mass is 9.92. The van der Waals surface area contributed by atoms with Crippen molar-refractivity contribution in [3.05, 3.63) is 63.6 Å². The van der Waals surface area contributed by atoms with Crippen molar-refractivity contribution in [1.29, 1.82) is 0 Å². The van der Waals surface area contributed by atoms with Gasteiger partial charge in [0.25, 0.3) is 0 Å². The van der Waals surface area contributed by atoms with Gasteiger partial charge in [0.1, 0.15) is 0 Å². The number of anilines is 1. The molecule has 0 amide bonds. The van der Waals surface area contributed by atoms with E-state index < -0.39 is 5.54 Å². The smallest absolute Gasteiger partial charge is 0.0828 e. The minimum Gasteiger partial charge on any atom is -0.394 e. The second kappa shape index (κ2) is 5.95. The van der Waals surface area contributed by atoms with Crippen LogP contribution in [0.2, 0.25) is 5.02 Å². The van der Waals surface area contributed by atoms with Crippen LogP contribution in [0.25, 0.3) is 0 Å². The van der Waals surface area contributed by atoms with Gasteiger partial charge in [0.2, 0.25) is 0 Å². The van der Waals surface area contributed by atoms with E-state index in [1.807, 2.05) is 55.5 Å². The van der Waals surface area contributed by atoms with E-state index >= 15 is 0 Å². The van der Waals surface area contributed by atoms with Crippen LogP contribution in [0.4, 0.5) is 5.69 Å². The molecule has 2 rings (SSSR count). The molecule has 2 N–H and O–H groups in total. The molecule has 0 heterocycles. The maximum atomic E-state index is 9.73. The predicted molar refractivity (Wildman–Crippen MR) is 83.7 cm³/mol. The highest BCUT2D eigenvalue weighted by Gasteiger charge is 2.25. The molecule has 2 aromatic carbocycles. The molecule has 0 fully saturated rings. The quantitative estimate of drug-likeness (QED) is 0.863. The Morgan fingerprint density at radius 3 is 2.47 bits per heavy atom. The van der Waals surface area contributed by atoms with E-state index in [4.69, 9.17) is 11.6 Å². The van der Waals surface area contributed by atoms with Gasteiger partial charge in [-0.3, -0.25) is 0 Å². The van der Waals surface area contributed by atoms with Crippen LogP contribution >= 0.6 is 27.5 Å². The third kappa shape index (κ3) is 3.50. The Morgan fingerprint density at radius 1 is 1.21 bits per heavy atom. The SMILES string of the molecule is CC(CO)(Nc1cccc(Br)c1)c1ccc(Cl)cc1. The highest BCUT2D eigenvalue weighted by atomic mass is 79.9. The first-order chi connectivity index (χ1) is 9.03. The number of rotatable bonds is 4. The Bertz CT molecular complexity index is 558. The summed E-state index contributed by atoms with van der Waals surface area (Å²) in [7, 11) is 0. The number of aliphatic hydroxyl groups excluding tert-OH is 1. The molecule has 4 heteroatoms. The molecule has 0 radical (unpaired) electrons. The first kappa shape index (κ1) is 14.4. The van der Waals surface area contributed by atoms with Crippen LogP contribution in [0.1, 0.15) is 12.5 Å². The van der Waals surface area contributed by atoms with E-state index in [-0.39, 0.29) is 6.61 Å². The second-order valence-corrected chi connectivity index (χ2v) is 5.98. The number of hydrogen-bond donors (Lipinski definition) is 2. The van der Waals surface area contributed by atoms with Crippen LogP contribution in [0.5, 0.6) is 0 Å². The molecular weight excluding hydrogens is 326 g/mol. The van der Waals surface area contributed by atoms with Crippen LogP contribution in [0, 0.1) is 0 Å². The average molecular weight is 341 g/mol. The lowest BCUT2D eigenvalue weighted by Crippen LogP contribution is -2.35. The number of aliphatic hydroxyl groups is 1. The Hall–Kier alpha value is -1.03. The molecule has 19 heavy (non-hydrogen) atoms. The van der Waals surface area contributed by atoms with Crippen molar-refractivity contribution in [2.24, 2.45) is 0 Å². The molecule has 0 aliphatic carbocycles. The predicted octanol–water partition coefficient (Wildman–Crippen LogP) is 4.42. The van der Waals surface area contributed by atoms with Gasteiger partial charge < -0.3 is 10.4 Å². The van der Waals surface area contributed by atoms with Crippen LogP contribution in [-0.4, -0.2) is 11.7 Å². The van der Waals surface area contributed by atoms with Gasteiger partial charge in [-0.15, -0.1) is 0 Å². The second-order valence-electron chi connectivity index (χ2n) is 4.63. The molecular formula is C15H15BrClNO. The van der Waals surface area contributed by atoms with Crippen molar-refractivity contribution >= 4 is 33.2 Å². The van der Waals surface area contributed by atoms with Crippen molar-refractivity contribution in [1.82, 2.24) is 0 Å². The Kier molecular flexibility index (Phi) is 4.50. The molecule has 2 aromatic rings. The van der Waals surface area contributed by atoms with Gasteiger partial charge in [-0.1, -0.05) is 45.7 Å². The number of nitrogens with one attached hydrogen (secondary N) is 1. The van der Waals surface area contributed by atoms with Gasteiger partial charge in [-0.05, 0) is 42.8 Å². The van der Waals surface area contributed by atoms with Crippen molar-refractivity contribution in [2.45, 2.75) is 12.5 Å². The molecule has 0 bridgehead atoms. The van der Waals surface area contributed by atoms with Crippen LogP contribution in [0.15, 0.2) is 53.0 Å². The van der Waals surface area contributed by atoms with Gasteiger partial charge in [-0.2, -0.15) is 0 Å². The average Bonchev–Trinajstić information content (AvgIpc) is 2.39. The number of benzene rings is 2. The zero-order valence-electron chi connectivity index (χ0n) is 10.5. The molecule has 100 valence electrons. The molecule has 0 saturated carbocycles. The van der Waals surface area contributed by atoms with Crippen LogP contribution in [0.3, 0.4) is 0 Å². The summed E-state index contributed by atoms with van der Waals surface area (Å²) in [5, 5.41) is 13.8. The lowest BCUT2D eigenvalue weighted by molar-refractivity contribution is 0.224. The largest absolute Gasteiger partial charge is 0.394 e. The van der Waals surface area contributed by atoms with Crippen molar-refractivity contribution in [3.63, 3.8) is 0 Å². The monoisotopic (exact) mass is 339 g/mol. The zero-order valence-corrected chi connectivity index (χ0v) is 12.9. The highest BCUT2D eigenvalue weighted by Crippen LogP contribution is 2.28. The Morgan fingerprint density at radius 2 is 1.89 bits per heavy atom. The standard InChI is InChI=1S/C15H15BrClNO/c1-15(10-19,11-5-7-13(17)8-6-11)18-14-4-2-3-12(16)9-14/h2-9,18-19H,10H2,1H3. The normalized spacial score (nSPS) is 13.9. The van der Waals surface area contributed by atoms with Crippen LogP contribution in [-0.2, 0) is 5.54 Å². The van der Waals surface area contributed by atoms with Gasteiger partial charge in [0, 0.05) is 15.2 Å². The maximum Gasteiger partial charge on any atom is 0.0828 e. The summed E-state index contributed by atoms with van der Waals surface area (Å²) >= 11 is 9.33. The third-order valence-corrected chi connectivity index (χ3v) is 3.79. The molecule has 0 aromatic heterocycles. The van der Waals surface area contributed by atoms with E-state index in [2.05, 4.69) is 21.2 Å². The van der Waals surface area contributed by atoms with E-state index in [1.54, 1.807) is 0 Å². The van der Waals surface area contributed by atoms with Crippen LogP contribution < -0.4 is 5.32 Å². The van der Waals surface area contributed by atoms with Gasteiger partial charge in [0.15, 0.2) is 0 Å². The summed E-state index contributed by atoms with van der Waals surface area (Å²) in [6.07, 6.45) is 0. The molecule has 0 saturated heterocycles. The number of halogens is 2. The summed E-state index contributed by atoms with van der Waals surface area (Å²) < 4.78 is 0.994. The molecule has 2 nitrogen and oxygen atoms in total. The first-order valence-electron chi connectivity index (χ1n) is 5.94. The fourth-order valence-corrected chi connectivity index (χ4v) is 2.43. The van der Waals surface area contributed by atoms with Gasteiger partial charge in [0.05, 0.1) is 12.1 Å². The summed E-state index contributed by atoms with van der Waals surface area (Å²) in [5.74, 6) is 0. The van der Waals surface area contributed by atoms with E-state index in [0.717, 1.165) is 15.7 Å². The maximum absolute atomic E-state index is 9.73. The molecule has 1 atom stereocenters. The summed E-state index contributed by atoms with van der Waals surface area (Å²) in [6.45, 7) is 1.94. The minimum absolute atomic E-state index is 0.0128. The molecule has 0 aliphatic rings. The molecule has 0 aliphatic heterocycles. The van der Waals surface area contributed by atoms with Gasteiger partial charge >= 0.3 is 0 Å². The first-order valence-corrected chi connectivity index (χ1v) is 7.11. The Balaban J connectivity index is 2.29. The minimum atomic E-state index is -0.550. The molecule has 1 unspecified atom stereocenters. The summed E-state index contributed by atoms with van der Waals surface area (Å²) in [4.78, 5) is 0. The van der Waals surface area contributed by atoms with Crippen molar-refractivity contribution in [2.75, 3.05) is 11.9 Å². The van der Waals surface area contributed by atoms with E-state index in [0.29, 0.717) is 5.02 Å². The fraction of sp³-hybridized carbons (Fsp3) is 0.200. The highest BCUT2D eigenvalue weighted by molar-refractivity contribution is 9.10. The third-order valence-electron chi connectivity index (χ3n) is 3.04. The van der Waals surface area contributed by atoms with Gasteiger partial charge in [-0.25, -0.2) is 0 Å². The zero-order chi connectivity index (χ0) is 13.9. The summed E-state index contributed by atoms with van der Waals surface area (Å²) in [5.41, 5.74) is 1.38. The summed E-state index contributed by atoms with van der Waals surface area (Å²) in [6, 6.07) is 15.3. The van der Waals surface area contributed by atoms with Crippen molar-refractivity contribution in [3.8, 4) is 0 Å². The van der Waals surface area contributed by atoms with E-state index in [9.17, 15) is 5.11 Å². The van der Waals surface area contributed by atoms with Crippen molar-refractivity contribution < 1.29 is 5.11 Å².